The molecule has 0 saturated heterocycles. The molecule has 2 aromatic heterocycles. The quantitative estimate of drug-likeness (QED) is 0.813. The molecule has 0 unspecified atom stereocenters. The first-order chi connectivity index (χ1) is 7.79. The largest absolute Gasteiger partial charge is 0.362 e. The molecule has 0 aliphatic rings. The Balaban J connectivity index is 2.08. The number of nitrogens with one attached hydrogen (secondary N) is 1. The molecule has 0 amide bonds. The van der Waals surface area contributed by atoms with E-state index in [9.17, 15) is 0 Å². The van der Waals surface area contributed by atoms with E-state index in [2.05, 4.69) is 20.4 Å². The molecule has 0 radical (unpaired) electrons. The van der Waals surface area contributed by atoms with Gasteiger partial charge in [-0.25, -0.2) is 9.97 Å². The second kappa shape index (κ2) is 4.40. The Hall–Kier alpha value is -2.42. The lowest BCUT2D eigenvalue weighted by Crippen LogP contribution is -2.05. The minimum atomic E-state index is 0.290. The normalized spacial score (nSPS) is 9.75. The summed E-state index contributed by atoms with van der Waals surface area (Å²) in [6.45, 7) is 0.522. The third-order valence-corrected chi connectivity index (χ3v) is 2.01. The Morgan fingerprint density at radius 2 is 2.25 bits per heavy atom. The maximum Gasteiger partial charge on any atom is 0.182 e. The lowest BCUT2D eigenvalue weighted by Gasteiger charge is -2.03. The van der Waals surface area contributed by atoms with Gasteiger partial charge in [0, 0.05) is 25.6 Å². The molecule has 0 fully saturated rings. The van der Waals surface area contributed by atoms with E-state index >= 15 is 0 Å². The van der Waals surface area contributed by atoms with E-state index in [0.717, 1.165) is 5.69 Å². The van der Waals surface area contributed by atoms with Crippen LogP contribution in [-0.2, 0) is 13.6 Å². The maximum atomic E-state index is 8.81. The first-order valence-electron chi connectivity index (χ1n) is 4.73. The van der Waals surface area contributed by atoms with Crippen molar-refractivity contribution < 1.29 is 0 Å². The van der Waals surface area contributed by atoms with Crippen molar-refractivity contribution in [2.75, 3.05) is 5.32 Å². The highest BCUT2D eigenvalue weighted by Gasteiger charge is 2.04. The van der Waals surface area contributed by atoms with E-state index < -0.39 is 0 Å². The lowest BCUT2D eigenvalue weighted by molar-refractivity contribution is 0.747. The summed E-state index contributed by atoms with van der Waals surface area (Å²) in [5, 5.41) is 16.0. The van der Waals surface area contributed by atoms with Crippen molar-refractivity contribution in [3.8, 4) is 6.07 Å². The summed E-state index contributed by atoms with van der Waals surface area (Å²) in [5.74, 6) is 0.482. The number of nitriles is 1. The molecule has 0 atom stereocenters. The van der Waals surface area contributed by atoms with Gasteiger partial charge >= 0.3 is 0 Å². The highest BCUT2D eigenvalue weighted by atomic mass is 15.3. The van der Waals surface area contributed by atoms with Gasteiger partial charge in [0.2, 0.25) is 0 Å². The van der Waals surface area contributed by atoms with Crippen molar-refractivity contribution in [1.29, 1.82) is 5.26 Å². The van der Waals surface area contributed by atoms with Gasteiger partial charge in [0.05, 0.1) is 12.2 Å². The Kier molecular flexibility index (Phi) is 2.78. The van der Waals surface area contributed by atoms with Crippen LogP contribution in [0.25, 0.3) is 0 Å². The Morgan fingerprint density at radius 3 is 2.94 bits per heavy atom. The van der Waals surface area contributed by atoms with Crippen LogP contribution in [0.2, 0.25) is 0 Å². The third-order valence-electron chi connectivity index (χ3n) is 2.01. The summed E-state index contributed by atoms with van der Waals surface area (Å²) < 4.78 is 1.72. The molecule has 6 heteroatoms. The zero-order chi connectivity index (χ0) is 11.4. The van der Waals surface area contributed by atoms with Crippen LogP contribution in [0.4, 0.5) is 5.82 Å². The number of anilines is 1. The van der Waals surface area contributed by atoms with E-state index in [1.54, 1.807) is 10.9 Å². The minimum absolute atomic E-state index is 0.290. The third kappa shape index (κ3) is 2.15. The van der Waals surface area contributed by atoms with Crippen LogP contribution in [0.5, 0.6) is 0 Å². The van der Waals surface area contributed by atoms with Gasteiger partial charge in [0.25, 0.3) is 0 Å². The molecule has 0 bridgehead atoms. The zero-order valence-electron chi connectivity index (χ0n) is 8.75. The molecule has 0 spiro atoms. The van der Waals surface area contributed by atoms with Gasteiger partial charge in [-0.15, -0.1) is 0 Å². The molecule has 2 rings (SSSR count). The van der Waals surface area contributed by atoms with Gasteiger partial charge in [0.15, 0.2) is 11.5 Å². The van der Waals surface area contributed by atoms with Crippen LogP contribution in [0.3, 0.4) is 0 Å². The number of hydrogen-bond acceptors (Lipinski definition) is 5. The molecule has 80 valence electrons. The number of aromatic nitrogens is 4. The molecule has 0 saturated carbocycles. The first-order valence-corrected chi connectivity index (χ1v) is 4.73. The Labute approximate surface area is 92.6 Å². The topological polar surface area (TPSA) is 79.4 Å². The van der Waals surface area contributed by atoms with Gasteiger partial charge in [0.1, 0.15) is 6.07 Å². The predicted octanol–water partition coefficient (Wildman–Crippen LogP) is 0.694. The first kappa shape index (κ1) is 10.1. The second-order valence-corrected chi connectivity index (χ2v) is 3.20. The van der Waals surface area contributed by atoms with Crippen LogP contribution < -0.4 is 5.32 Å². The smallest absolute Gasteiger partial charge is 0.182 e. The van der Waals surface area contributed by atoms with E-state index in [1.807, 2.05) is 25.4 Å². The van der Waals surface area contributed by atoms with E-state index in [1.165, 1.54) is 6.20 Å². The van der Waals surface area contributed by atoms with Crippen molar-refractivity contribution in [3.05, 3.63) is 36.0 Å². The van der Waals surface area contributed by atoms with Crippen LogP contribution in [0.1, 0.15) is 11.4 Å². The maximum absolute atomic E-state index is 8.81. The fraction of sp³-hybridized carbons (Fsp3) is 0.200. The summed E-state index contributed by atoms with van der Waals surface area (Å²) in [6, 6.07) is 3.87. The van der Waals surface area contributed by atoms with Gasteiger partial charge in [-0.2, -0.15) is 10.4 Å². The highest BCUT2D eigenvalue weighted by Crippen LogP contribution is 2.07. The van der Waals surface area contributed by atoms with Crippen molar-refractivity contribution in [1.82, 2.24) is 19.7 Å². The van der Waals surface area contributed by atoms with Gasteiger partial charge in [-0.3, -0.25) is 4.68 Å². The monoisotopic (exact) mass is 214 g/mol. The number of rotatable bonds is 3. The fourth-order valence-corrected chi connectivity index (χ4v) is 1.28. The minimum Gasteiger partial charge on any atom is -0.362 e. The SMILES string of the molecule is Cn1ccc(CNc2nccnc2C#N)n1. The average molecular weight is 214 g/mol. The summed E-state index contributed by atoms with van der Waals surface area (Å²) in [7, 11) is 1.85. The van der Waals surface area contributed by atoms with Crippen LogP contribution >= 0.6 is 0 Å². The fourth-order valence-electron chi connectivity index (χ4n) is 1.28. The second-order valence-electron chi connectivity index (χ2n) is 3.20. The zero-order valence-corrected chi connectivity index (χ0v) is 8.75. The molecular formula is C10H10N6. The molecule has 2 aromatic rings. The Bertz CT molecular complexity index is 524. The average Bonchev–Trinajstić information content (AvgIpc) is 2.73. The molecule has 16 heavy (non-hydrogen) atoms. The molecule has 2 heterocycles. The summed E-state index contributed by atoms with van der Waals surface area (Å²) in [6.07, 6.45) is 4.89. The summed E-state index contributed by atoms with van der Waals surface area (Å²) in [4.78, 5) is 7.94. The molecular weight excluding hydrogens is 204 g/mol. The van der Waals surface area contributed by atoms with E-state index in [4.69, 9.17) is 5.26 Å². The van der Waals surface area contributed by atoms with Crippen LogP contribution in [0, 0.1) is 11.3 Å². The number of aryl methyl sites for hydroxylation is 1. The van der Waals surface area contributed by atoms with Crippen molar-refractivity contribution in [2.24, 2.45) is 7.05 Å². The number of hydrogen-bond donors (Lipinski definition) is 1. The predicted molar refractivity (Wildman–Crippen MR) is 57.3 cm³/mol. The summed E-state index contributed by atoms with van der Waals surface area (Å²) in [5.41, 5.74) is 1.18. The molecule has 0 aromatic carbocycles. The molecule has 0 aliphatic heterocycles. The van der Waals surface area contributed by atoms with Crippen LogP contribution in [-0.4, -0.2) is 19.7 Å². The van der Waals surface area contributed by atoms with Gasteiger partial charge in [-0.1, -0.05) is 0 Å². The van der Waals surface area contributed by atoms with Crippen molar-refractivity contribution in [3.63, 3.8) is 0 Å². The molecule has 6 nitrogen and oxygen atoms in total. The van der Waals surface area contributed by atoms with Gasteiger partial charge in [-0.05, 0) is 6.07 Å². The number of nitrogens with zero attached hydrogens (tertiary/aromatic N) is 5. The molecule has 0 aliphatic carbocycles. The standard InChI is InChI=1S/C10H10N6/c1-16-5-2-8(15-16)7-14-10-9(6-11)12-3-4-13-10/h2-5H,7H2,1H3,(H,13,14). The van der Waals surface area contributed by atoms with Crippen LogP contribution in [0.15, 0.2) is 24.7 Å². The highest BCUT2D eigenvalue weighted by molar-refractivity contribution is 5.46. The van der Waals surface area contributed by atoms with Gasteiger partial charge < -0.3 is 5.32 Å². The van der Waals surface area contributed by atoms with Crippen molar-refractivity contribution >= 4 is 5.82 Å². The lowest BCUT2D eigenvalue weighted by atomic mass is 10.4. The van der Waals surface area contributed by atoms with E-state index in [-0.39, 0.29) is 0 Å². The van der Waals surface area contributed by atoms with Crippen molar-refractivity contribution in [2.45, 2.75) is 6.54 Å². The molecule has 1 N–H and O–H groups in total. The summed E-state index contributed by atoms with van der Waals surface area (Å²) >= 11 is 0. The van der Waals surface area contributed by atoms with E-state index in [0.29, 0.717) is 18.1 Å². The Morgan fingerprint density at radius 1 is 1.44 bits per heavy atom.